The van der Waals surface area contributed by atoms with Crippen molar-refractivity contribution in [3.63, 3.8) is 0 Å². The van der Waals surface area contributed by atoms with Gasteiger partial charge in [0.15, 0.2) is 0 Å². The van der Waals surface area contributed by atoms with E-state index in [1.807, 2.05) is 30.3 Å². The average Bonchev–Trinajstić information content (AvgIpc) is 3.24. The van der Waals surface area contributed by atoms with E-state index in [1.54, 1.807) is 27.8 Å². The number of rotatable bonds is 7. The lowest BCUT2D eigenvalue weighted by molar-refractivity contribution is -0.928. The summed E-state index contributed by atoms with van der Waals surface area (Å²) in [6, 6.07) is 18.3. The number of carbonyl (C=O) groups is 1. The molecule has 2 aromatic carbocycles. The maximum absolute atomic E-state index is 13.4. The van der Waals surface area contributed by atoms with Crippen LogP contribution in [0.25, 0.3) is 16.9 Å². The zero-order chi connectivity index (χ0) is 21.6. The molecule has 1 aromatic heterocycles. The van der Waals surface area contributed by atoms with Gasteiger partial charge in [0.05, 0.1) is 30.5 Å². The third-order valence-electron chi connectivity index (χ3n) is 6.12. The van der Waals surface area contributed by atoms with Crippen LogP contribution in [-0.4, -0.2) is 41.4 Å². The van der Waals surface area contributed by atoms with Crippen LogP contribution in [-0.2, 0) is 0 Å². The molecule has 0 spiro atoms. The van der Waals surface area contributed by atoms with Gasteiger partial charge in [0.25, 0.3) is 5.91 Å². The number of aromatic nitrogens is 2. The van der Waals surface area contributed by atoms with Gasteiger partial charge in [-0.15, -0.1) is 0 Å². The van der Waals surface area contributed by atoms with Crippen molar-refractivity contribution in [2.24, 2.45) is 0 Å². The molecule has 1 unspecified atom stereocenters. The second-order valence-electron chi connectivity index (χ2n) is 8.33. The summed E-state index contributed by atoms with van der Waals surface area (Å²) in [5.74, 6) is -0.486. The third-order valence-corrected chi connectivity index (χ3v) is 6.12. The van der Waals surface area contributed by atoms with Crippen LogP contribution in [0.4, 0.5) is 4.39 Å². The second kappa shape index (κ2) is 9.88. The lowest BCUT2D eigenvalue weighted by Gasteiger charge is -2.30. The maximum atomic E-state index is 13.4. The molecule has 2 atom stereocenters. The van der Waals surface area contributed by atoms with Gasteiger partial charge in [0.1, 0.15) is 11.5 Å². The number of nitrogens with one attached hydrogen (secondary N) is 2. The molecule has 1 amide bonds. The van der Waals surface area contributed by atoms with Crippen LogP contribution in [0.5, 0.6) is 0 Å². The minimum Gasteiger partial charge on any atom is -0.350 e. The van der Waals surface area contributed by atoms with Gasteiger partial charge in [0, 0.05) is 18.5 Å². The zero-order valence-corrected chi connectivity index (χ0v) is 18.0. The number of carbonyl (C=O) groups excluding carboxylic acids is 1. The lowest BCUT2D eigenvalue weighted by atomic mass is 10.0. The summed E-state index contributed by atoms with van der Waals surface area (Å²) in [6.07, 6.45) is 4.87. The molecule has 0 bridgehead atoms. The summed E-state index contributed by atoms with van der Waals surface area (Å²) in [5, 5.41) is 7.69. The van der Waals surface area contributed by atoms with Crippen LogP contribution < -0.4 is 10.2 Å². The standard InChI is InChI=1S/C25H29FN4O/c1-19-8-5-6-16-29(19)17-7-15-27-25(31)24-18-23(20-9-3-2-4-10-20)28-30(24)22-13-11-21(26)12-14-22/h2-4,9-14,18-19H,5-8,15-17H2,1H3,(H,27,31)/p+1/t19-/m0/s1. The number of quaternary nitrogens is 1. The number of halogens is 1. The van der Waals surface area contributed by atoms with E-state index in [0.29, 0.717) is 29.7 Å². The Bertz CT molecular complexity index is 1000. The monoisotopic (exact) mass is 421 g/mol. The van der Waals surface area contributed by atoms with Crippen LogP contribution in [0.2, 0.25) is 0 Å². The van der Waals surface area contributed by atoms with Gasteiger partial charge in [-0.2, -0.15) is 5.10 Å². The van der Waals surface area contributed by atoms with Crippen LogP contribution in [0.3, 0.4) is 0 Å². The first-order valence-electron chi connectivity index (χ1n) is 11.2. The fraction of sp³-hybridized carbons (Fsp3) is 0.360. The Kier molecular flexibility index (Phi) is 6.77. The topological polar surface area (TPSA) is 51.4 Å². The predicted octanol–water partition coefficient (Wildman–Crippen LogP) is 3.26. The van der Waals surface area contributed by atoms with E-state index in [4.69, 9.17) is 0 Å². The molecule has 1 saturated heterocycles. The summed E-state index contributed by atoms with van der Waals surface area (Å²) in [4.78, 5) is 14.7. The molecular weight excluding hydrogens is 391 g/mol. The highest BCUT2D eigenvalue weighted by Gasteiger charge is 2.21. The Labute approximate surface area is 182 Å². The van der Waals surface area contributed by atoms with Crippen molar-refractivity contribution in [1.29, 1.82) is 0 Å². The minimum atomic E-state index is -0.320. The Morgan fingerprint density at radius 2 is 1.94 bits per heavy atom. The van der Waals surface area contributed by atoms with Crippen molar-refractivity contribution in [3.05, 3.63) is 72.2 Å². The van der Waals surface area contributed by atoms with E-state index >= 15 is 0 Å². The fourth-order valence-corrected chi connectivity index (χ4v) is 4.30. The van der Waals surface area contributed by atoms with Crippen molar-refractivity contribution in [3.8, 4) is 16.9 Å². The first-order valence-corrected chi connectivity index (χ1v) is 11.2. The van der Waals surface area contributed by atoms with Gasteiger partial charge >= 0.3 is 0 Å². The minimum absolute atomic E-state index is 0.166. The molecule has 1 aliphatic heterocycles. The number of amides is 1. The molecular formula is C25H30FN4O+. The average molecular weight is 422 g/mol. The molecule has 2 N–H and O–H groups in total. The first kappa shape index (κ1) is 21.2. The molecule has 31 heavy (non-hydrogen) atoms. The van der Waals surface area contributed by atoms with Crippen molar-refractivity contribution >= 4 is 5.91 Å². The van der Waals surface area contributed by atoms with Crippen molar-refractivity contribution in [2.75, 3.05) is 19.6 Å². The molecule has 5 nitrogen and oxygen atoms in total. The summed E-state index contributed by atoms with van der Waals surface area (Å²) in [7, 11) is 0. The van der Waals surface area contributed by atoms with Gasteiger partial charge in [-0.25, -0.2) is 9.07 Å². The summed E-state index contributed by atoms with van der Waals surface area (Å²) in [5.41, 5.74) is 2.74. The first-order chi connectivity index (χ1) is 15.1. The second-order valence-corrected chi connectivity index (χ2v) is 8.33. The number of nitrogens with zero attached hydrogens (tertiary/aromatic N) is 2. The van der Waals surface area contributed by atoms with Gasteiger partial charge in [-0.05, 0) is 56.5 Å². The van der Waals surface area contributed by atoms with E-state index in [0.717, 1.165) is 18.5 Å². The summed E-state index contributed by atoms with van der Waals surface area (Å²) < 4.78 is 15.0. The molecule has 1 fully saturated rings. The smallest absolute Gasteiger partial charge is 0.270 e. The van der Waals surface area contributed by atoms with Gasteiger partial charge in [0.2, 0.25) is 0 Å². The largest absolute Gasteiger partial charge is 0.350 e. The highest BCUT2D eigenvalue weighted by atomic mass is 19.1. The normalized spacial score (nSPS) is 18.6. The molecule has 6 heteroatoms. The summed E-state index contributed by atoms with van der Waals surface area (Å²) >= 11 is 0. The third kappa shape index (κ3) is 5.20. The molecule has 4 rings (SSSR count). The Morgan fingerprint density at radius 1 is 1.16 bits per heavy atom. The van der Waals surface area contributed by atoms with Crippen LogP contribution in [0.15, 0.2) is 60.7 Å². The lowest BCUT2D eigenvalue weighted by Crippen LogP contribution is -3.16. The maximum Gasteiger partial charge on any atom is 0.270 e. The fourth-order valence-electron chi connectivity index (χ4n) is 4.30. The number of hydrogen-bond donors (Lipinski definition) is 2. The van der Waals surface area contributed by atoms with Gasteiger partial charge < -0.3 is 10.2 Å². The number of likely N-dealkylation sites (tertiary alicyclic amines) is 1. The number of piperidine rings is 1. The van der Waals surface area contributed by atoms with Crippen molar-refractivity contribution in [1.82, 2.24) is 15.1 Å². The summed E-state index contributed by atoms with van der Waals surface area (Å²) in [6.45, 7) is 5.25. The Balaban J connectivity index is 1.48. The van der Waals surface area contributed by atoms with Gasteiger partial charge in [-0.1, -0.05) is 30.3 Å². The van der Waals surface area contributed by atoms with E-state index in [9.17, 15) is 9.18 Å². The molecule has 162 valence electrons. The SMILES string of the molecule is C[C@H]1CCCC[NH+]1CCCNC(=O)c1cc(-c2ccccc2)nn1-c1ccc(F)cc1. The van der Waals surface area contributed by atoms with E-state index in [1.165, 1.54) is 37.9 Å². The molecule has 1 aliphatic rings. The van der Waals surface area contributed by atoms with Crippen molar-refractivity contribution in [2.45, 2.75) is 38.6 Å². The number of benzene rings is 2. The van der Waals surface area contributed by atoms with E-state index in [2.05, 4.69) is 17.3 Å². The molecule has 2 heterocycles. The van der Waals surface area contributed by atoms with Crippen molar-refractivity contribution < 1.29 is 14.1 Å². The van der Waals surface area contributed by atoms with Crippen LogP contribution in [0.1, 0.15) is 43.1 Å². The Hall–Kier alpha value is -2.99. The van der Waals surface area contributed by atoms with Crippen LogP contribution >= 0.6 is 0 Å². The predicted molar refractivity (Wildman–Crippen MR) is 120 cm³/mol. The molecule has 0 saturated carbocycles. The molecule has 3 aromatic rings. The van der Waals surface area contributed by atoms with Crippen LogP contribution in [0, 0.1) is 5.82 Å². The zero-order valence-electron chi connectivity index (χ0n) is 18.0. The quantitative estimate of drug-likeness (QED) is 0.576. The Morgan fingerprint density at radius 3 is 2.68 bits per heavy atom. The number of hydrogen-bond acceptors (Lipinski definition) is 2. The van der Waals surface area contributed by atoms with Gasteiger partial charge in [-0.3, -0.25) is 4.79 Å². The molecule has 0 radical (unpaired) electrons. The van der Waals surface area contributed by atoms with E-state index < -0.39 is 0 Å². The highest BCUT2D eigenvalue weighted by Crippen LogP contribution is 2.22. The highest BCUT2D eigenvalue weighted by molar-refractivity contribution is 5.94. The molecule has 0 aliphatic carbocycles. The van der Waals surface area contributed by atoms with E-state index in [-0.39, 0.29) is 11.7 Å².